The molecule has 5 heteroatoms. The SMILES string of the molecule is C[C@H]1CCCCN1Cc1ccc(CNC(=O)c2cc(F)ccc2Br)cc1. The summed E-state index contributed by atoms with van der Waals surface area (Å²) in [6, 6.07) is 13.1. The third kappa shape index (κ3) is 4.92. The Labute approximate surface area is 162 Å². The van der Waals surface area contributed by atoms with Crippen molar-refractivity contribution in [3.8, 4) is 0 Å². The van der Waals surface area contributed by atoms with Crippen LogP contribution in [0.25, 0.3) is 0 Å². The molecule has 1 N–H and O–H groups in total. The van der Waals surface area contributed by atoms with Crippen molar-refractivity contribution in [1.29, 1.82) is 0 Å². The van der Waals surface area contributed by atoms with Crippen molar-refractivity contribution >= 4 is 21.8 Å². The van der Waals surface area contributed by atoms with Gasteiger partial charge in [0.2, 0.25) is 0 Å². The fraction of sp³-hybridized carbons (Fsp3) is 0.381. The van der Waals surface area contributed by atoms with E-state index in [9.17, 15) is 9.18 Å². The maximum absolute atomic E-state index is 13.3. The van der Waals surface area contributed by atoms with Crippen molar-refractivity contribution in [3.05, 3.63) is 69.4 Å². The fourth-order valence-corrected chi connectivity index (χ4v) is 3.77. The van der Waals surface area contributed by atoms with E-state index < -0.39 is 5.82 Å². The van der Waals surface area contributed by atoms with Gasteiger partial charge in [-0.05, 0) is 71.6 Å². The van der Waals surface area contributed by atoms with Gasteiger partial charge in [-0.1, -0.05) is 30.7 Å². The Morgan fingerprint density at radius 2 is 1.92 bits per heavy atom. The summed E-state index contributed by atoms with van der Waals surface area (Å²) in [5.74, 6) is -0.711. The molecule has 3 nitrogen and oxygen atoms in total. The van der Waals surface area contributed by atoms with Gasteiger partial charge in [-0.3, -0.25) is 9.69 Å². The topological polar surface area (TPSA) is 32.3 Å². The highest BCUT2D eigenvalue weighted by Gasteiger charge is 2.18. The monoisotopic (exact) mass is 418 g/mol. The lowest BCUT2D eigenvalue weighted by Gasteiger charge is -2.33. The molecule has 26 heavy (non-hydrogen) atoms. The standard InChI is InChI=1S/C21H24BrFN2O/c1-15-4-2-3-11-25(15)14-17-7-5-16(6-8-17)13-24-21(26)19-12-18(23)9-10-20(19)22/h5-10,12,15H,2-4,11,13-14H2,1H3,(H,24,26)/t15-/m0/s1. The lowest BCUT2D eigenvalue weighted by Crippen LogP contribution is -2.36. The predicted molar refractivity (Wildman–Crippen MR) is 105 cm³/mol. The molecule has 138 valence electrons. The zero-order chi connectivity index (χ0) is 18.5. The van der Waals surface area contributed by atoms with Gasteiger partial charge in [-0.15, -0.1) is 0 Å². The molecule has 1 aliphatic heterocycles. The third-order valence-corrected chi connectivity index (χ3v) is 5.67. The Morgan fingerprint density at radius 1 is 1.19 bits per heavy atom. The van der Waals surface area contributed by atoms with E-state index in [1.165, 1.54) is 43.5 Å². The van der Waals surface area contributed by atoms with E-state index in [2.05, 4.69) is 45.2 Å². The molecule has 0 spiro atoms. The van der Waals surface area contributed by atoms with Crippen LogP contribution in [0.2, 0.25) is 0 Å². The number of carbonyl (C=O) groups excluding carboxylic acids is 1. The summed E-state index contributed by atoms with van der Waals surface area (Å²) in [6.45, 7) is 4.86. The number of likely N-dealkylation sites (tertiary alicyclic amines) is 1. The summed E-state index contributed by atoms with van der Waals surface area (Å²) in [5, 5.41) is 2.85. The number of hydrogen-bond acceptors (Lipinski definition) is 2. The van der Waals surface area contributed by atoms with E-state index in [-0.39, 0.29) is 5.91 Å². The second-order valence-electron chi connectivity index (χ2n) is 6.94. The normalized spacial score (nSPS) is 17.9. The lowest BCUT2D eigenvalue weighted by molar-refractivity contribution is 0.0949. The Balaban J connectivity index is 1.55. The highest BCUT2D eigenvalue weighted by Crippen LogP contribution is 2.20. The number of piperidine rings is 1. The van der Waals surface area contributed by atoms with E-state index in [4.69, 9.17) is 0 Å². The van der Waals surface area contributed by atoms with E-state index in [0.29, 0.717) is 22.6 Å². The number of nitrogens with one attached hydrogen (secondary N) is 1. The summed E-state index contributed by atoms with van der Waals surface area (Å²) in [6.07, 6.45) is 3.89. The average Bonchev–Trinajstić information content (AvgIpc) is 2.65. The summed E-state index contributed by atoms with van der Waals surface area (Å²) < 4.78 is 13.9. The van der Waals surface area contributed by atoms with Gasteiger partial charge >= 0.3 is 0 Å². The number of nitrogens with zero attached hydrogens (tertiary/aromatic N) is 1. The van der Waals surface area contributed by atoms with E-state index in [1.807, 2.05) is 12.1 Å². The molecule has 0 aromatic heterocycles. The molecule has 0 unspecified atom stereocenters. The minimum absolute atomic E-state index is 0.289. The molecule has 1 amide bonds. The number of benzene rings is 2. The van der Waals surface area contributed by atoms with Gasteiger partial charge in [0.15, 0.2) is 0 Å². The summed E-state index contributed by atoms with van der Waals surface area (Å²) in [4.78, 5) is 14.8. The summed E-state index contributed by atoms with van der Waals surface area (Å²) >= 11 is 3.29. The zero-order valence-corrected chi connectivity index (χ0v) is 16.6. The van der Waals surface area contributed by atoms with Crippen LogP contribution in [0.15, 0.2) is 46.9 Å². The smallest absolute Gasteiger partial charge is 0.252 e. The molecule has 0 saturated carbocycles. The Hall–Kier alpha value is -1.72. The number of rotatable bonds is 5. The van der Waals surface area contributed by atoms with Crippen molar-refractivity contribution in [3.63, 3.8) is 0 Å². The molecule has 0 radical (unpaired) electrons. The first kappa shape index (κ1) is 19.1. The summed E-state index contributed by atoms with van der Waals surface area (Å²) in [7, 11) is 0. The first-order valence-corrected chi connectivity index (χ1v) is 9.87. The van der Waals surface area contributed by atoms with Crippen LogP contribution in [0.3, 0.4) is 0 Å². The number of carbonyl (C=O) groups is 1. The Bertz CT molecular complexity index is 763. The van der Waals surface area contributed by atoms with Crippen LogP contribution >= 0.6 is 15.9 Å². The molecule has 0 bridgehead atoms. The first-order valence-electron chi connectivity index (χ1n) is 9.08. The lowest BCUT2D eigenvalue weighted by atomic mass is 10.0. The minimum atomic E-state index is -0.422. The van der Waals surface area contributed by atoms with E-state index >= 15 is 0 Å². The van der Waals surface area contributed by atoms with Crippen LogP contribution in [0, 0.1) is 5.82 Å². The van der Waals surface area contributed by atoms with Crippen molar-refractivity contribution in [2.75, 3.05) is 6.54 Å². The van der Waals surface area contributed by atoms with E-state index in [0.717, 1.165) is 12.1 Å². The second kappa shape index (κ2) is 8.78. The van der Waals surface area contributed by atoms with Crippen LogP contribution in [-0.4, -0.2) is 23.4 Å². The second-order valence-corrected chi connectivity index (χ2v) is 7.79. The summed E-state index contributed by atoms with van der Waals surface area (Å²) in [5.41, 5.74) is 2.63. The number of hydrogen-bond donors (Lipinski definition) is 1. The minimum Gasteiger partial charge on any atom is -0.348 e. The molecule has 1 saturated heterocycles. The first-order chi connectivity index (χ1) is 12.5. The average molecular weight is 419 g/mol. The highest BCUT2D eigenvalue weighted by molar-refractivity contribution is 9.10. The van der Waals surface area contributed by atoms with Crippen LogP contribution < -0.4 is 5.32 Å². The number of amides is 1. The van der Waals surface area contributed by atoms with Gasteiger partial charge in [0, 0.05) is 23.6 Å². The van der Waals surface area contributed by atoms with Gasteiger partial charge in [0.1, 0.15) is 5.82 Å². The molecular formula is C21H24BrFN2O. The highest BCUT2D eigenvalue weighted by atomic mass is 79.9. The van der Waals surface area contributed by atoms with Gasteiger partial charge in [0.25, 0.3) is 5.91 Å². The Morgan fingerprint density at radius 3 is 2.65 bits per heavy atom. The largest absolute Gasteiger partial charge is 0.348 e. The molecule has 1 atom stereocenters. The molecule has 1 aliphatic rings. The zero-order valence-electron chi connectivity index (χ0n) is 15.0. The van der Waals surface area contributed by atoms with Crippen LogP contribution in [0.1, 0.15) is 47.7 Å². The van der Waals surface area contributed by atoms with Crippen LogP contribution in [0.5, 0.6) is 0 Å². The maximum Gasteiger partial charge on any atom is 0.252 e. The van der Waals surface area contributed by atoms with Crippen molar-refractivity contribution in [2.45, 2.75) is 45.3 Å². The maximum atomic E-state index is 13.3. The quantitative estimate of drug-likeness (QED) is 0.749. The van der Waals surface area contributed by atoms with Crippen molar-refractivity contribution in [1.82, 2.24) is 10.2 Å². The van der Waals surface area contributed by atoms with Gasteiger partial charge in [0.05, 0.1) is 5.56 Å². The molecule has 0 aliphatic carbocycles. The van der Waals surface area contributed by atoms with E-state index in [1.54, 1.807) is 6.07 Å². The molecule has 1 fully saturated rings. The van der Waals surface area contributed by atoms with Crippen molar-refractivity contribution in [2.24, 2.45) is 0 Å². The number of halogens is 2. The molecule has 1 heterocycles. The molecule has 3 rings (SSSR count). The van der Waals surface area contributed by atoms with Gasteiger partial charge in [-0.2, -0.15) is 0 Å². The third-order valence-electron chi connectivity index (χ3n) is 4.98. The van der Waals surface area contributed by atoms with Crippen LogP contribution in [0.4, 0.5) is 4.39 Å². The molecular weight excluding hydrogens is 395 g/mol. The molecule has 2 aromatic carbocycles. The van der Waals surface area contributed by atoms with Gasteiger partial charge < -0.3 is 5.32 Å². The predicted octanol–water partition coefficient (Wildman–Crippen LogP) is 4.89. The Kier molecular flexibility index (Phi) is 6.43. The van der Waals surface area contributed by atoms with Crippen LogP contribution in [-0.2, 0) is 13.1 Å². The van der Waals surface area contributed by atoms with Crippen molar-refractivity contribution < 1.29 is 9.18 Å². The fourth-order valence-electron chi connectivity index (χ4n) is 3.34. The van der Waals surface area contributed by atoms with Gasteiger partial charge in [-0.25, -0.2) is 4.39 Å². The molecule has 2 aromatic rings.